The third-order valence-electron chi connectivity index (χ3n) is 5.29. The van der Waals surface area contributed by atoms with Crippen LogP contribution in [0.1, 0.15) is 33.6 Å². The molecule has 3 N–H and O–H groups in total. The topological polar surface area (TPSA) is 80.5 Å². The number of anilines is 3. The second-order valence-electron chi connectivity index (χ2n) is 7.69. The first-order valence-corrected chi connectivity index (χ1v) is 11.3. The number of halogens is 3. The first-order valence-electron chi connectivity index (χ1n) is 10.5. The van der Waals surface area contributed by atoms with Crippen LogP contribution in [0, 0.1) is 0 Å². The highest BCUT2D eigenvalue weighted by Gasteiger charge is 2.31. The lowest BCUT2D eigenvalue weighted by atomic mass is 10.1. The van der Waals surface area contributed by atoms with Crippen LogP contribution < -0.4 is 15.8 Å². The molecule has 6 nitrogen and oxygen atoms in total. The Hall–Kier alpha value is -3.11. The van der Waals surface area contributed by atoms with Gasteiger partial charge in [0.2, 0.25) is 5.78 Å². The number of nitrogens with one attached hydrogen (secondary N) is 1. The quantitative estimate of drug-likeness (QED) is 0.436. The maximum atomic E-state index is 13.0. The zero-order valence-electron chi connectivity index (χ0n) is 17.7. The van der Waals surface area contributed by atoms with Gasteiger partial charge >= 0.3 is 6.18 Å². The number of hydrogen-bond acceptors (Lipinski definition) is 7. The summed E-state index contributed by atoms with van der Waals surface area (Å²) in [6.07, 6.45) is -2.05. The van der Waals surface area contributed by atoms with E-state index in [0.29, 0.717) is 17.4 Å². The van der Waals surface area contributed by atoms with Crippen LogP contribution in [0.25, 0.3) is 0 Å². The number of nitrogens with zero attached hydrogens (tertiary/aromatic N) is 2. The number of benzene rings is 2. The lowest BCUT2D eigenvalue weighted by Crippen LogP contribution is -2.25. The minimum absolute atomic E-state index is 0.0354. The molecule has 174 valence electrons. The molecular weight excluding hydrogens is 453 g/mol. The van der Waals surface area contributed by atoms with Crippen molar-refractivity contribution in [2.45, 2.75) is 19.0 Å². The molecule has 2 heterocycles. The standard InChI is InChI=1S/C23H23F3N4O2S/c24-23(25,26)16-5-3-4-15(14-16)19(31)20-21(27)29-22(33-20)28-17-6-8-18(9-7-17)32-13-12-30-10-1-2-11-30/h3-9,14H,1-2,10-13,27H2,(H,28,29). The van der Waals surface area contributed by atoms with Crippen molar-refractivity contribution >= 4 is 33.8 Å². The van der Waals surface area contributed by atoms with E-state index >= 15 is 0 Å². The highest BCUT2D eigenvalue weighted by molar-refractivity contribution is 7.18. The summed E-state index contributed by atoms with van der Waals surface area (Å²) >= 11 is 0.988. The molecule has 0 aliphatic carbocycles. The van der Waals surface area contributed by atoms with Gasteiger partial charge in [-0.3, -0.25) is 9.69 Å². The van der Waals surface area contributed by atoms with Gasteiger partial charge in [-0.05, 0) is 62.3 Å². The maximum absolute atomic E-state index is 13.0. The second-order valence-corrected chi connectivity index (χ2v) is 8.69. The molecule has 0 atom stereocenters. The normalized spacial score (nSPS) is 14.4. The van der Waals surface area contributed by atoms with Crippen LogP contribution in [0.4, 0.5) is 29.8 Å². The molecule has 0 unspecified atom stereocenters. The molecule has 4 rings (SSSR count). The molecule has 1 aliphatic rings. The molecule has 1 fully saturated rings. The number of aromatic nitrogens is 1. The number of thiazole rings is 1. The molecule has 10 heteroatoms. The van der Waals surface area contributed by atoms with Gasteiger partial charge in [0.25, 0.3) is 0 Å². The summed E-state index contributed by atoms with van der Waals surface area (Å²) in [5.74, 6) is 0.108. The minimum atomic E-state index is -4.54. The van der Waals surface area contributed by atoms with E-state index in [1.54, 1.807) is 0 Å². The van der Waals surface area contributed by atoms with Crippen molar-refractivity contribution < 1.29 is 22.7 Å². The molecular formula is C23H23F3N4O2S. The number of hydrogen-bond donors (Lipinski definition) is 2. The maximum Gasteiger partial charge on any atom is 0.416 e. The summed E-state index contributed by atoms with van der Waals surface area (Å²) in [5.41, 5.74) is 5.61. The molecule has 3 aromatic rings. The van der Waals surface area contributed by atoms with Gasteiger partial charge in [-0.25, -0.2) is 4.98 Å². The summed E-state index contributed by atoms with van der Waals surface area (Å²) in [4.78, 5) is 19.3. The highest BCUT2D eigenvalue weighted by atomic mass is 32.1. The Morgan fingerprint density at radius 1 is 1.15 bits per heavy atom. The molecule has 0 spiro atoms. The Labute approximate surface area is 193 Å². The fourth-order valence-corrected chi connectivity index (χ4v) is 4.44. The van der Waals surface area contributed by atoms with Crippen molar-refractivity contribution in [3.05, 3.63) is 64.5 Å². The molecule has 1 aliphatic heterocycles. The molecule has 1 saturated heterocycles. The van der Waals surface area contributed by atoms with Gasteiger partial charge in [0.05, 0.1) is 5.56 Å². The van der Waals surface area contributed by atoms with E-state index in [2.05, 4.69) is 15.2 Å². The zero-order chi connectivity index (χ0) is 23.4. The van der Waals surface area contributed by atoms with Crippen LogP contribution in [-0.4, -0.2) is 41.9 Å². The van der Waals surface area contributed by atoms with Gasteiger partial charge in [0.15, 0.2) is 5.13 Å². The molecule has 0 bridgehead atoms. The Kier molecular flexibility index (Phi) is 6.85. The van der Waals surface area contributed by atoms with Gasteiger partial charge in [-0.2, -0.15) is 13.2 Å². The van der Waals surface area contributed by atoms with Crippen molar-refractivity contribution in [1.82, 2.24) is 9.88 Å². The molecule has 0 amide bonds. The minimum Gasteiger partial charge on any atom is -0.492 e. The lowest BCUT2D eigenvalue weighted by molar-refractivity contribution is -0.137. The largest absolute Gasteiger partial charge is 0.492 e. The Morgan fingerprint density at radius 3 is 2.58 bits per heavy atom. The summed E-state index contributed by atoms with van der Waals surface area (Å²) < 4.78 is 44.7. The fraction of sp³-hybridized carbons (Fsp3) is 0.304. The molecule has 33 heavy (non-hydrogen) atoms. The van der Waals surface area contributed by atoms with E-state index in [1.165, 1.54) is 25.0 Å². The summed E-state index contributed by atoms with van der Waals surface area (Å²) in [7, 11) is 0. The third-order valence-corrected chi connectivity index (χ3v) is 6.28. The van der Waals surface area contributed by atoms with Gasteiger partial charge in [0, 0.05) is 17.8 Å². The number of carbonyl (C=O) groups is 1. The average molecular weight is 477 g/mol. The lowest BCUT2D eigenvalue weighted by Gasteiger charge is -2.15. The summed E-state index contributed by atoms with van der Waals surface area (Å²) in [5, 5.41) is 3.43. The number of rotatable bonds is 8. The number of likely N-dealkylation sites (tertiary alicyclic amines) is 1. The molecule has 1 aromatic heterocycles. The number of carbonyl (C=O) groups excluding carboxylic acids is 1. The predicted molar refractivity (Wildman–Crippen MR) is 122 cm³/mol. The van der Waals surface area contributed by atoms with Gasteiger partial charge in [0.1, 0.15) is 23.1 Å². The van der Waals surface area contributed by atoms with Gasteiger partial charge in [-0.15, -0.1) is 0 Å². The summed E-state index contributed by atoms with van der Waals surface area (Å²) in [6, 6.07) is 11.5. The first-order chi connectivity index (χ1) is 15.8. The number of ketones is 1. The van der Waals surface area contributed by atoms with Crippen LogP contribution in [0.5, 0.6) is 5.75 Å². The van der Waals surface area contributed by atoms with Gasteiger partial charge < -0.3 is 15.8 Å². The van der Waals surface area contributed by atoms with E-state index in [-0.39, 0.29) is 16.3 Å². The van der Waals surface area contributed by atoms with Gasteiger partial charge in [-0.1, -0.05) is 23.5 Å². The number of nitrogens with two attached hydrogens (primary N) is 1. The summed E-state index contributed by atoms with van der Waals surface area (Å²) in [6.45, 7) is 3.78. The predicted octanol–water partition coefficient (Wildman–Crippen LogP) is 5.19. The van der Waals surface area contributed by atoms with E-state index in [9.17, 15) is 18.0 Å². The Morgan fingerprint density at radius 2 is 1.88 bits per heavy atom. The van der Waals surface area contributed by atoms with E-state index < -0.39 is 17.5 Å². The van der Waals surface area contributed by atoms with Crippen LogP contribution in [0.2, 0.25) is 0 Å². The van der Waals surface area contributed by atoms with Crippen LogP contribution in [-0.2, 0) is 6.18 Å². The molecule has 0 radical (unpaired) electrons. The SMILES string of the molecule is Nc1nc(Nc2ccc(OCCN3CCCC3)cc2)sc1C(=O)c1cccc(C(F)(F)F)c1. The Balaban J connectivity index is 1.38. The second kappa shape index (κ2) is 9.80. The van der Waals surface area contributed by atoms with E-state index in [4.69, 9.17) is 10.5 Å². The first kappa shape index (κ1) is 23.1. The van der Waals surface area contributed by atoms with E-state index in [0.717, 1.165) is 48.9 Å². The van der Waals surface area contributed by atoms with E-state index in [1.807, 2.05) is 24.3 Å². The fourth-order valence-electron chi connectivity index (χ4n) is 3.57. The third kappa shape index (κ3) is 5.82. The van der Waals surface area contributed by atoms with Crippen molar-refractivity contribution in [2.75, 3.05) is 37.3 Å². The highest BCUT2D eigenvalue weighted by Crippen LogP contribution is 2.33. The average Bonchev–Trinajstić information content (AvgIpc) is 3.43. The van der Waals surface area contributed by atoms with Crippen LogP contribution in [0.15, 0.2) is 48.5 Å². The monoisotopic (exact) mass is 476 g/mol. The Bertz CT molecular complexity index is 1110. The van der Waals surface area contributed by atoms with Crippen molar-refractivity contribution in [2.24, 2.45) is 0 Å². The molecule has 2 aromatic carbocycles. The number of ether oxygens (including phenoxy) is 1. The van der Waals surface area contributed by atoms with Crippen molar-refractivity contribution in [3.8, 4) is 5.75 Å². The van der Waals surface area contributed by atoms with Crippen molar-refractivity contribution in [3.63, 3.8) is 0 Å². The number of nitrogen functional groups attached to an aromatic ring is 1. The zero-order valence-corrected chi connectivity index (χ0v) is 18.5. The smallest absolute Gasteiger partial charge is 0.416 e. The van der Waals surface area contributed by atoms with Crippen LogP contribution >= 0.6 is 11.3 Å². The molecule has 0 saturated carbocycles. The van der Waals surface area contributed by atoms with Crippen LogP contribution in [0.3, 0.4) is 0 Å². The number of alkyl halides is 3. The van der Waals surface area contributed by atoms with Crippen molar-refractivity contribution in [1.29, 1.82) is 0 Å².